The topological polar surface area (TPSA) is 88.5 Å². The van der Waals surface area contributed by atoms with Crippen LogP contribution in [0.25, 0.3) is 10.8 Å². The molecule has 1 N–H and O–H groups in total. The number of carboxylic acid groups (broad SMARTS) is 1. The predicted octanol–water partition coefficient (Wildman–Crippen LogP) is 3.24. The van der Waals surface area contributed by atoms with Crippen LogP contribution in [0.2, 0.25) is 0 Å². The van der Waals surface area contributed by atoms with Crippen LogP contribution in [0.5, 0.6) is 0 Å². The van der Waals surface area contributed by atoms with Crippen molar-refractivity contribution >= 4 is 32.4 Å². The summed E-state index contributed by atoms with van der Waals surface area (Å²) < 4.78 is 37.2. The Labute approximate surface area is 155 Å². The van der Waals surface area contributed by atoms with Crippen LogP contribution in [0.15, 0.2) is 59.5 Å². The molecule has 0 saturated heterocycles. The van der Waals surface area contributed by atoms with Crippen LogP contribution in [0, 0.1) is 5.82 Å². The van der Waals surface area contributed by atoms with E-state index in [9.17, 15) is 22.4 Å². The molecule has 0 spiro atoms. The van der Waals surface area contributed by atoms with Crippen molar-refractivity contribution < 1.29 is 27.5 Å². The lowest BCUT2D eigenvalue weighted by Gasteiger charge is -2.10. The maximum atomic E-state index is 13.7. The Kier molecular flexibility index (Phi) is 4.80. The lowest BCUT2D eigenvalue weighted by molar-refractivity contribution is -0.136. The van der Waals surface area contributed by atoms with Crippen LogP contribution in [0.3, 0.4) is 0 Å². The van der Waals surface area contributed by atoms with Crippen molar-refractivity contribution in [1.82, 2.24) is 0 Å². The van der Waals surface area contributed by atoms with Crippen molar-refractivity contribution in [2.24, 2.45) is 0 Å². The molecule has 0 radical (unpaired) electrons. The highest BCUT2D eigenvalue weighted by atomic mass is 32.2. The summed E-state index contributed by atoms with van der Waals surface area (Å²) in [6, 6.07) is 12.5. The molecule has 0 bridgehead atoms. The number of hydrogen-bond donors (Lipinski definition) is 1. The fourth-order valence-corrected chi connectivity index (χ4v) is 3.55. The molecule has 0 aromatic heterocycles. The first-order chi connectivity index (χ1) is 12.6. The average Bonchev–Trinajstić information content (AvgIpc) is 2.59. The first kappa shape index (κ1) is 18.7. The smallest absolute Gasteiger partial charge is 0.307 e. The van der Waals surface area contributed by atoms with Crippen molar-refractivity contribution in [3.63, 3.8) is 0 Å². The van der Waals surface area contributed by atoms with Gasteiger partial charge in [0.25, 0.3) is 0 Å². The average molecular weight is 386 g/mol. The fourth-order valence-electron chi connectivity index (χ4n) is 2.88. The van der Waals surface area contributed by atoms with Gasteiger partial charge < -0.3 is 5.11 Å². The molecule has 3 rings (SSSR count). The summed E-state index contributed by atoms with van der Waals surface area (Å²) in [5.41, 5.74) is 0.633. The third-order valence-electron chi connectivity index (χ3n) is 4.10. The van der Waals surface area contributed by atoms with Gasteiger partial charge in [-0.25, -0.2) is 12.8 Å². The van der Waals surface area contributed by atoms with E-state index >= 15 is 0 Å². The van der Waals surface area contributed by atoms with Gasteiger partial charge in [0, 0.05) is 17.4 Å². The Morgan fingerprint density at radius 3 is 2.44 bits per heavy atom. The maximum absolute atomic E-state index is 13.7. The Bertz CT molecular complexity index is 1180. The Morgan fingerprint density at radius 1 is 1.04 bits per heavy atom. The van der Waals surface area contributed by atoms with Gasteiger partial charge in [0.2, 0.25) is 0 Å². The first-order valence-electron chi connectivity index (χ1n) is 7.94. The van der Waals surface area contributed by atoms with Gasteiger partial charge >= 0.3 is 5.97 Å². The van der Waals surface area contributed by atoms with E-state index in [0.717, 1.165) is 6.26 Å². The zero-order chi connectivity index (χ0) is 19.8. The molecule has 0 fully saturated rings. The molecule has 3 aromatic carbocycles. The molecule has 0 heterocycles. The Morgan fingerprint density at radius 2 is 1.78 bits per heavy atom. The van der Waals surface area contributed by atoms with Gasteiger partial charge in [-0.05, 0) is 46.7 Å². The van der Waals surface area contributed by atoms with Crippen molar-refractivity contribution in [2.45, 2.75) is 11.3 Å². The maximum Gasteiger partial charge on any atom is 0.307 e. The number of rotatable bonds is 5. The number of halogens is 1. The summed E-state index contributed by atoms with van der Waals surface area (Å²) in [5, 5.41) is 9.90. The molecular weight excluding hydrogens is 371 g/mol. The van der Waals surface area contributed by atoms with Crippen LogP contribution in [0.4, 0.5) is 4.39 Å². The second kappa shape index (κ2) is 6.92. The number of carboxylic acids is 1. The zero-order valence-corrected chi connectivity index (χ0v) is 15.1. The number of carbonyl (C=O) groups excluding carboxylic acids is 1. The third-order valence-corrected chi connectivity index (χ3v) is 5.21. The minimum absolute atomic E-state index is 0.00877. The number of fused-ring (bicyclic) bond motifs is 1. The van der Waals surface area contributed by atoms with Gasteiger partial charge in [0.15, 0.2) is 15.6 Å². The van der Waals surface area contributed by atoms with E-state index in [2.05, 4.69) is 0 Å². The molecule has 0 unspecified atom stereocenters. The largest absolute Gasteiger partial charge is 0.481 e. The second-order valence-corrected chi connectivity index (χ2v) is 8.22. The van der Waals surface area contributed by atoms with E-state index in [-0.39, 0.29) is 22.4 Å². The van der Waals surface area contributed by atoms with E-state index in [0.29, 0.717) is 16.3 Å². The number of sulfone groups is 1. The summed E-state index contributed by atoms with van der Waals surface area (Å²) in [7, 11) is -3.50. The van der Waals surface area contributed by atoms with Crippen LogP contribution >= 0.6 is 0 Å². The molecule has 0 aliphatic heterocycles. The first-order valence-corrected chi connectivity index (χ1v) is 9.83. The SMILES string of the molecule is CS(=O)(=O)c1cccc(C(=O)c2cc(CC(=O)O)cc3ccc(F)cc23)c1. The molecule has 3 aromatic rings. The molecule has 0 saturated carbocycles. The molecule has 7 heteroatoms. The molecule has 5 nitrogen and oxygen atoms in total. The normalized spacial score (nSPS) is 11.5. The van der Waals surface area contributed by atoms with E-state index in [1.54, 1.807) is 6.07 Å². The van der Waals surface area contributed by atoms with E-state index in [1.807, 2.05) is 0 Å². The van der Waals surface area contributed by atoms with Gasteiger partial charge in [-0.3, -0.25) is 9.59 Å². The minimum atomic E-state index is -3.50. The van der Waals surface area contributed by atoms with E-state index < -0.39 is 27.4 Å². The van der Waals surface area contributed by atoms with Gasteiger partial charge in [0.05, 0.1) is 11.3 Å². The predicted molar refractivity (Wildman–Crippen MR) is 98.2 cm³/mol. The fraction of sp³-hybridized carbons (Fsp3) is 0.100. The molecule has 0 amide bonds. The van der Waals surface area contributed by atoms with Crippen LogP contribution in [0.1, 0.15) is 21.5 Å². The third kappa shape index (κ3) is 4.03. The summed E-state index contributed by atoms with van der Waals surface area (Å²) in [6.07, 6.45) is 0.742. The van der Waals surface area contributed by atoms with Crippen LogP contribution in [-0.4, -0.2) is 31.5 Å². The lowest BCUT2D eigenvalue weighted by atomic mass is 9.94. The summed E-state index contributed by atoms with van der Waals surface area (Å²) in [6.45, 7) is 0. The second-order valence-electron chi connectivity index (χ2n) is 6.21. The molecule has 0 aliphatic carbocycles. The standard InChI is InChI=1S/C20H15FO5S/c1-27(25,26)16-4-2-3-14(10-16)20(24)18-8-12(9-19(22)23)7-13-5-6-15(21)11-17(13)18/h2-8,10-11H,9H2,1H3,(H,22,23). The summed E-state index contributed by atoms with van der Waals surface area (Å²) in [4.78, 5) is 24.1. The van der Waals surface area contributed by atoms with Gasteiger partial charge in [0.1, 0.15) is 5.82 Å². The summed E-state index contributed by atoms with van der Waals surface area (Å²) >= 11 is 0. The van der Waals surface area contributed by atoms with E-state index in [1.165, 1.54) is 48.5 Å². The number of carbonyl (C=O) groups is 2. The molecule has 138 valence electrons. The number of hydrogen-bond acceptors (Lipinski definition) is 4. The minimum Gasteiger partial charge on any atom is -0.481 e. The zero-order valence-electron chi connectivity index (χ0n) is 14.3. The van der Waals surface area contributed by atoms with Crippen molar-refractivity contribution in [2.75, 3.05) is 6.26 Å². The Hall–Kier alpha value is -3.06. The van der Waals surface area contributed by atoms with Crippen molar-refractivity contribution in [3.05, 3.63) is 77.1 Å². The quantitative estimate of drug-likeness (QED) is 0.680. The highest BCUT2D eigenvalue weighted by Crippen LogP contribution is 2.26. The van der Waals surface area contributed by atoms with Crippen LogP contribution < -0.4 is 0 Å². The van der Waals surface area contributed by atoms with Gasteiger partial charge in [-0.1, -0.05) is 24.3 Å². The molecule has 0 aliphatic rings. The van der Waals surface area contributed by atoms with Crippen LogP contribution in [-0.2, 0) is 21.1 Å². The van der Waals surface area contributed by atoms with Crippen molar-refractivity contribution in [1.29, 1.82) is 0 Å². The van der Waals surface area contributed by atoms with E-state index in [4.69, 9.17) is 5.11 Å². The number of ketones is 1. The number of aliphatic carboxylic acids is 1. The monoisotopic (exact) mass is 386 g/mol. The molecular formula is C20H15FO5S. The van der Waals surface area contributed by atoms with Crippen molar-refractivity contribution in [3.8, 4) is 0 Å². The molecule has 0 atom stereocenters. The van der Waals surface area contributed by atoms with Gasteiger partial charge in [-0.15, -0.1) is 0 Å². The Balaban J connectivity index is 2.21. The lowest BCUT2D eigenvalue weighted by Crippen LogP contribution is -2.07. The highest BCUT2D eigenvalue weighted by Gasteiger charge is 2.17. The van der Waals surface area contributed by atoms with Gasteiger partial charge in [-0.2, -0.15) is 0 Å². The molecule has 27 heavy (non-hydrogen) atoms. The summed E-state index contributed by atoms with van der Waals surface area (Å²) in [5.74, 6) is -2.11. The highest BCUT2D eigenvalue weighted by molar-refractivity contribution is 7.90. The number of benzene rings is 3.